The summed E-state index contributed by atoms with van der Waals surface area (Å²) in [5, 5.41) is 12.2. The molecule has 1 fully saturated rings. The Morgan fingerprint density at radius 1 is 1.36 bits per heavy atom. The van der Waals surface area contributed by atoms with E-state index >= 15 is 0 Å². The SMILES string of the molecule is COc1ccc2c3c1O[C@H]1C(OC(=O)[C@H](C)OC(=O)CCN)=CC[C@@]4(O)[C@@H](C2)C(C)CC[C@]314. The zero-order chi connectivity index (χ0) is 23.5. The second-order valence-corrected chi connectivity index (χ2v) is 9.75. The van der Waals surface area contributed by atoms with Crippen LogP contribution in [0.4, 0.5) is 0 Å². The number of benzene rings is 1. The summed E-state index contributed by atoms with van der Waals surface area (Å²) in [6.45, 7) is 3.82. The molecular weight excluding hydrogens is 426 g/mol. The van der Waals surface area contributed by atoms with Crippen LogP contribution >= 0.6 is 0 Å². The van der Waals surface area contributed by atoms with Gasteiger partial charge in [-0.25, -0.2) is 4.79 Å². The lowest BCUT2D eigenvalue weighted by molar-refractivity contribution is -0.176. The second-order valence-electron chi connectivity index (χ2n) is 9.75. The van der Waals surface area contributed by atoms with Crippen molar-refractivity contribution in [2.45, 2.75) is 69.2 Å². The molecule has 5 rings (SSSR count). The molecule has 3 N–H and O–H groups in total. The molecule has 4 aliphatic rings. The van der Waals surface area contributed by atoms with Crippen LogP contribution < -0.4 is 15.2 Å². The summed E-state index contributed by atoms with van der Waals surface area (Å²) in [6, 6.07) is 3.97. The van der Waals surface area contributed by atoms with Crippen LogP contribution in [0.15, 0.2) is 24.0 Å². The summed E-state index contributed by atoms with van der Waals surface area (Å²) in [5.41, 5.74) is 5.80. The Hall–Kier alpha value is -2.58. The zero-order valence-electron chi connectivity index (χ0n) is 19.3. The largest absolute Gasteiger partial charge is 0.493 e. The third-order valence-corrected chi connectivity index (χ3v) is 8.14. The normalized spacial score (nSPS) is 33.8. The topological polar surface area (TPSA) is 117 Å². The Kier molecular flexibility index (Phi) is 5.21. The van der Waals surface area contributed by atoms with E-state index in [9.17, 15) is 14.7 Å². The third kappa shape index (κ3) is 2.96. The molecule has 2 bridgehead atoms. The molecule has 1 heterocycles. The number of carbonyl (C=O) groups excluding carboxylic acids is 2. The number of carbonyl (C=O) groups is 2. The van der Waals surface area contributed by atoms with Gasteiger partial charge in [0.05, 0.1) is 24.5 Å². The molecule has 8 nitrogen and oxygen atoms in total. The molecule has 1 saturated carbocycles. The van der Waals surface area contributed by atoms with Crippen LogP contribution in [0.25, 0.3) is 0 Å². The van der Waals surface area contributed by atoms with Gasteiger partial charge in [0.2, 0.25) is 0 Å². The van der Waals surface area contributed by atoms with Crippen molar-refractivity contribution in [1.82, 2.24) is 0 Å². The van der Waals surface area contributed by atoms with Crippen molar-refractivity contribution in [3.8, 4) is 11.5 Å². The standard InChI is InChI=1S/C25H31NO7/c1-13-6-9-24-20-15-4-5-17(30-3)21(20)33-22(24)18(7-10-25(24,29)16(13)12-15)32-23(28)14(2)31-19(27)8-11-26/h4-5,7,13-14,16,22,29H,6,8-12,26H2,1-3H3/t13?,14-,16-,22-,24-,25+/m0/s1. The van der Waals surface area contributed by atoms with Crippen LogP contribution in [0.3, 0.4) is 0 Å². The lowest BCUT2D eigenvalue weighted by Crippen LogP contribution is -2.69. The van der Waals surface area contributed by atoms with E-state index < -0.39 is 35.2 Å². The number of nitrogens with two attached hydrogens (primary N) is 1. The summed E-state index contributed by atoms with van der Waals surface area (Å²) >= 11 is 0. The van der Waals surface area contributed by atoms with Crippen molar-refractivity contribution < 1.29 is 33.6 Å². The van der Waals surface area contributed by atoms with E-state index in [1.165, 1.54) is 6.92 Å². The molecule has 1 spiro atoms. The van der Waals surface area contributed by atoms with Gasteiger partial charge >= 0.3 is 11.9 Å². The van der Waals surface area contributed by atoms with Crippen molar-refractivity contribution in [3.63, 3.8) is 0 Å². The molecular formula is C25H31NO7. The summed E-state index contributed by atoms with van der Waals surface area (Å²) in [5.74, 6) is 0.781. The van der Waals surface area contributed by atoms with Crippen molar-refractivity contribution in [2.24, 2.45) is 17.6 Å². The Balaban J connectivity index is 1.53. The van der Waals surface area contributed by atoms with Crippen molar-refractivity contribution in [3.05, 3.63) is 35.1 Å². The van der Waals surface area contributed by atoms with Crippen molar-refractivity contribution in [2.75, 3.05) is 13.7 Å². The fraction of sp³-hybridized carbons (Fsp3) is 0.600. The first-order valence-corrected chi connectivity index (χ1v) is 11.7. The molecule has 1 aromatic carbocycles. The fourth-order valence-electron chi connectivity index (χ4n) is 6.59. The monoisotopic (exact) mass is 457 g/mol. The Bertz CT molecular complexity index is 1040. The van der Waals surface area contributed by atoms with Gasteiger partial charge in [-0.1, -0.05) is 13.0 Å². The molecule has 1 unspecified atom stereocenters. The minimum atomic E-state index is -1.08. The molecule has 1 aromatic rings. The van der Waals surface area contributed by atoms with Crippen LogP contribution in [0.2, 0.25) is 0 Å². The minimum absolute atomic E-state index is 0.0274. The van der Waals surface area contributed by atoms with Gasteiger partial charge in [0, 0.05) is 12.1 Å². The van der Waals surface area contributed by atoms with Crippen LogP contribution in [0.5, 0.6) is 11.5 Å². The molecule has 33 heavy (non-hydrogen) atoms. The van der Waals surface area contributed by atoms with Crippen LogP contribution in [-0.2, 0) is 30.9 Å². The maximum atomic E-state index is 12.8. The summed E-state index contributed by atoms with van der Waals surface area (Å²) < 4.78 is 22.9. The number of rotatable bonds is 6. The average Bonchev–Trinajstić information content (AvgIpc) is 3.13. The van der Waals surface area contributed by atoms with Gasteiger partial charge in [0.1, 0.15) is 5.76 Å². The first-order valence-electron chi connectivity index (χ1n) is 11.7. The Labute approximate surface area is 193 Å². The molecule has 178 valence electrons. The van der Waals surface area contributed by atoms with E-state index in [1.54, 1.807) is 13.2 Å². The highest BCUT2D eigenvalue weighted by Crippen LogP contribution is 2.68. The van der Waals surface area contributed by atoms with Gasteiger partial charge in [-0.15, -0.1) is 0 Å². The van der Waals surface area contributed by atoms with E-state index in [-0.39, 0.29) is 18.9 Å². The van der Waals surface area contributed by atoms with Gasteiger partial charge in [0.25, 0.3) is 0 Å². The molecule has 0 amide bonds. The predicted molar refractivity (Wildman–Crippen MR) is 118 cm³/mol. The molecule has 8 heteroatoms. The van der Waals surface area contributed by atoms with Gasteiger partial charge < -0.3 is 29.8 Å². The van der Waals surface area contributed by atoms with E-state index in [0.717, 1.165) is 30.4 Å². The molecule has 0 radical (unpaired) electrons. The lowest BCUT2D eigenvalue weighted by Gasteiger charge is -2.61. The Morgan fingerprint density at radius 3 is 2.88 bits per heavy atom. The van der Waals surface area contributed by atoms with Gasteiger partial charge in [-0.05, 0) is 62.1 Å². The van der Waals surface area contributed by atoms with Crippen LogP contribution in [0.1, 0.15) is 50.7 Å². The van der Waals surface area contributed by atoms with E-state index in [0.29, 0.717) is 29.6 Å². The summed E-state index contributed by atoms with van der Waals surface area (Å²) in [4.78, 5) is 24.5. The van der Waals surface area contributed by atoms with E-state index in [1.807, 2.05) is 6.07 Å². The average molecular weight is 458 g/mol. The minimum Gasteiger partial charge on any atom is -0.493 e. The molecule has 1 aliphatic heterocycles. The van der Waals surface area contributed by atoms with Gasteiger partial charge in [0.15, 0.2) is 23.7 Å². The number of hydrogen-bond acceptors (Lipinski definition) is 8. The number of ether oxygens (including phenoxy) is 4. The predicted octanol–water partition coefficient (Wildman–Crippen LogP) is 2.14. The highest BCUT2D eigenvalue weighted by molar-refractivity contribution is 5.80. The number of hydrogen-bond donors (Lipinski definition) is 2. The smallest absolute Gasteiger partial charge is 0.352 e. The fourth-order valence-corrected chi connectivity index (χ4v) is 6.59. The highest BCUT2D eigenvalue weighted by Gasteiger charge is 2.72. The van der Waals surface area contributed by atoms with Gasteiger partial charge in [-0.3, -0.25) is 4.79 Å². The first kappa shape index (κ1) is 22.2. The quantitative estimate of drug-likeness (QED) is 0.624. The third-order valence-electron chi connectivity index (χ3n) is 8.14. The van der Waals surface area contributed by atoms with E-state index in [4.69, 9.17) is 24.7 Å². The number of aliphatic hydroxyl groups is 1. The molecule has 3 aliphatic carbocycles. The van der Waals surface area contributed by atoms with Crippen LogP contribution in [0, 0.1) is 11.8 Å². The lowest BCUT2D eigenvalue weighted by atomic mass is 9.45. The number of methoxy groups -OCH3 is 1. The highest BCUT2D eigenvalue weighted by atomic mass is 16.6. The molecule has 0 saturated heterocycles. The van der Waals surface area contributed by atoms with Crippen molar-refractivity contribution in [1.29, 1.82) is 0 Å². The van der Waals surface area contributed by atoms with Gasteiger partial charge in [-0.2, -0.15) is 0 Å². The van der Waals surface area contributed by atoms with Crippen molar-refractivity contribution >= 4 is 11.9 Å². The maximum absolute atomic E-state index is 12.8. The van der Waals surface area contributed by atoms with Crippen LogP contribution in [-0.4, -0.2) is 48.5 Å². The summed E-state index contributed by atoms with van der Waals surface area (Å²) in [6.07, 6.45) is 2.85. The maximum Gasteiger partial charge on any atom is 0.352 e. The second kappa shape index (κ2) is 7.74. The molecule has 0 aromatic heterocycles. The first-order chi connectivity index (χ1) is 15.8. The molecule has 6 atom stereocenters. The Morgan fingerprint density at radius 2 is 2.15 bits per heavy atom. The zero-order valence-corrected chi connectivity index (χ0v) is 19.3. The van der Waals surface area contributed by atoms with E-state index in [2.05, 4.69) is 13.0 Å². The summed E-state index contributed by atoms with van der Waals surface area (Å²) in [7, 11) is 1.59. The number of esters is 2.